The van der Waals surface area contributed by atoms with Crippen molar-refractivity contribution in [3.05, 3.63) is 23.2 Å². The summed E-state index contributed by atoms with van der Waals surface area (Å²) in [6, 6.07) is 5.70. The number of unbranched alkanes of at least 4 members (excludes halogenated alkanes) is 1. The van der Waals surface area contributed by atoms with E-state index in [1.165, 1.54) is 6.42 Å². The van der Waals surface area contributed by atoms with Crippen molar-refractivity contribution in [2.45, 2.75) is 32.6 Å². The van der Waals surface area contributed by atoms with Crippen LogP contribution in [0.25, 0.3) is 10.2 Å². The Bertz CT molecular complexity index is 565. The molecule has 1 aromatic carbocycles. The number of rotatable bonds is 7. The van der Waals surface area contributed by atoms with Crippen LogP contribution in [0.1, 0.15) is 31.2 Å². The molecular weight excluding hydrogens is 262 g/mol. The first-order chi connectivity index (χ1) is 9.19. The van der Waals surface area contributed by atoms with Crippen LogP contribution < -0.4 is 4.74 Å². The normalized spacial score (nSPS) is 10.8. The van der Waals surface area contributed by atoms with E-state index in [2.05, 4.69) is 11.9 Å². The molecule has 1 N–H and O–H groups in total. The van der Waals surface area contributed by atoms with Gasteiger partial charge in [-0.05, 0) is 31.0 Å². The highest BCUT2D eigenvalue weighted by Crippen LogP contribution is 2.27. The SMILES string of the molecule is CCCCc1nc2ccc(OCCC(=O)O)cc2s1. The minimum absolute atomic E-state index is 0.0163. The Morgan fingerprint density at radius 1 is 1.47 bits per heavy atom. The van der Waals surface area contributed by atoms with Crippen LogP contribution >= 0.6 is 11.3 Å². The maximum Gasteiger partial charge on any atom is 0.306 e. The molecule has 0 aliphatic heterocycles. The predicted molar refractivity (Wildman–Crippen MR) is 76.0 cm³/mol. The molecule has 0 saturated carbocycles. The van der Waals surface area contributed by atoms with Crippen molar-refractivity contribution < 1.29 is 14.6 Å². The summed E-state index contributed by atoms with van der Waals surface area (Å²) in [4.78, 5) is 15.0. The molecule has 1 heterocycles. The number of fused-ring (bicyclic) bond motifs is 1. The number of aliphatic carboxylic acids is 1. The zero-order valence-electron chi connectivity index (χ0n) is 10.9. The smallest absolute Gasteiger partial charge is 0.306 e. The Balaban J connectivity index is 2.04. The zero-order valence-corrected chi connectivity index (χ0v) is 11.7. The lowest BCUT2D eigenvalue weighted by molar-refractivity contribution is -0.137. The fourth-order valence-electron chi connectivity index (χ4n) is 1.73. The molecule has 1 aromatic heterocycles. The van der Waals surface area contributed by atoms with Crippen molar-refractivity contribution in [3.63, 3.8) is 0 Å². The quantitative estimate of drug-likeness (QED) is 0.842. The molecule has 4 nitrogen and oxygen atoms in total. The van der Waals surface area contributed by atoms with Gasteiger partial charge >= 0.3 is 5.97 Å². The lowest BCUT2D eigenvalue weighted by Gasteiger charge is -2.03. The van der Waals surface area contributed by atoms with Gasteiger partial charge < -0.3 is 9.84 Å². The first kappa shape index (κ1) is 13.8. The number of hydrogen-bond donors (Lipinski definition) is 1. The van der Waals surface area contributed by atoms with Crippen molar-refractivity contribution in [1.29, 1.82) is 0 Å². The average Bonchev–Trinajstić information content (AvgIpc) is 2.78. The van der Waals surface area contributed by atoms with E-state index in [0.717, 1.165) is 28.1 Å². The van der Waals surface area contributed by atoms with Gasteiger partial charge in [0.2, 0.25) is 0 Å². The lowest BCUT2D eigenvalue weighted by atomic mass is 10.2. The topological polar surface area (TPSA) is 59.4 Å². The number of nitrogens with zero attached hydrogens (tertiary/aromatic N) is 1. The van der Waals surface area contributed by atoms with Crippen LogP contribution in [0.3, 0.4) is 0 Å². The minimum atomic E-state index is -0.847. The predicted octanol–water partition coefficient (Wildman–Crippen LogP) is 3.49. The number of aryl methyl sites for hydroxylation is 1. The molecule has 0 unspecified atom stereocenters. The van der Waals surface area contributed by atoms with Gasteiger partial charge in [0.15, 0.2) is 0 Å². The fraction of sp³-hybridized carbons (Fsp3) is 0.429. The van der Waals surface area contributed by atoms with Gasteiger partial charge in [0.05, 0.1) is 28.3 Å². The molecule has 0 aliphatic rings. The fourth-order valence-corrected chi connectivity index (χ4v) is 2.77. The minimum Gasteiger partial charge on any atom is -0.493 e. The van der Waals surface area contributed by atoms with Crippen molar-refractivity contribution in [3.8, 4) is 5.75 Å². The van der Waals surface area contributed by atoms with E-state index in [-0.39, 0.29) is 13.0 Å². The highest BCUT2D eigenvalue weighted by atomic mass is 32.1. The molecule has 0 spiro atoms. The number of thiazole rings is 1. The molecule has 0 amide bonds. The van der Waals surface area contributed by atoms with Gasteiger partial charge in [-0.15, -0.1) is 11.3 Å². The Morgan fingerprint density at radius 3 is 3.05 bits per heavy atom. The monoisotopic (exact) mass is 279 g/mol. The van der Waals surface area contributed by atoms with Crippen LogP contribution in [0.5, 0.6) is 5.75 Å². The maximum absolute atomic E-state index is 10.4. The number of carboxylic acid groups (broad SMARTS) is 1. The second-order valence-corrected chi connectivity index (χ2v) is 5.45. The third-order valence-electron chi connectivity index (χ3n) is 2.73. The van der Waals surface area contributed by atoms with Gasteiger partial charge in [-0.2, -0.15) is 0 Å². The second-order valence-electron chi connectivity index (χ2n) is 4.33. The van der Waals surface area contributed by atoms with Gasteiger partial charge in [0, 0.05) is 0 Å². The van der Waals surface area contributed by atoms with E-state index < -0.39 is 5.97 Å². The van der Waals surface area contributed by atoms with Crippen LogP contribution in [0.2, 0.25) is 0 Å². The largest absolute Gasteiger partial charge is 0.493 e. The number of carbonyl (C=O) groups is 1. The summed E-state index contributed by atoms with van der Waals surface area (Å²) < 4.78 is 6.51. The van der Waals surface area contributed by atoms with Crippen molar-refractivity contribution >= 4 is 27.5 Å². The number of ether oxygens (including phenoxy) is 1. The third kappa shape index (κ3) is 3.92. The van der Waals surface area contributed by atoms with Crippen LogP contribution in [0.4, 0.5) is 0 Å². The van der Waals surface area contributed by atoms with E-state index in [1.807, 2.05) is 18.2 Å². The Morgan fingerprint density at radius 2 is 2.32 bits per heavy atom. The molecule has 19 heavy (non-hydrogen) atoms. The highest BCUT2D eigenvalue weighted by Gasteiger charge is 2.05. The van der Waals surface area contributed by atoms with Crippen molar-refractivity contribution in [2.24, 2.45) is 0 Å². The summed E-state index contributed by atoms with van der Waals surface area (Å²) in [5.74, 6) is -0.139. The molecule has 2 aromatic rings. The second kappa shape index (κ2) is 6.52. The lowest BCUT2D eigenvalue weighted by Crippen LogP contribution is -2.04. The van der Waals surface area contributed by atoms with Gasteiger partial charge in [-0.1, -0.05) is 13.3 Å². The molecular formula is C14H17NO3S. The summed E-state index contributed by atoms with van der Waals surface area (Å²) in [6.45, 7) is 2.37. The number of aromatic nitrogens is 1. The summed E-state index contributed by atoms with van der Waals surface area (Å²) >= 11 is 1.68. The Labute approximate surface area is 116 Å². The van der Waals surface area contributed by atoms with Crippen LogP contribution in [0.15, 0.2) is 18.2 Å². The summed E-state index contributed by atoms with van der Waals surface area (Å²) in [6.07, 6.45) is 3.36. The number of hydrogen-bond acceptors (Lipinski definition) is 4. The molecule has 5 heteroatoms. The highest BCUT2D eigenvalue weighted by molar-refractivity contribution is 7.18. The molecule has 0 fully saturated rings. The molecule has 2 rings (SSSR count). The molecule has 0 bridgehead atoms. The van der Waals surface area contributed by atoms with Gasteiger partial charge in [0.25, 0.3) is 0 Å². The van der Waals surface area contributed by atoms with E-state index >= 15 is 0 Å². The third-order valence-corrected chi connectivity index (χ3v) is 3.81. The Kier molecular flexibility index (Phi) is 4.74. The number of benzene rings is 1. The van der Waals surface area contributed by atoms with Gasteiger partial charge in [-0.3, -0.25) is 4.79 Å². The van der Waals surface area contributed by atoms with Crippen molar-refractivity contribution in [1.82, 2.24) is 4.98 Å². The van der Waals surface area contributed by atoms with E-state index in [0.29, 0.717) is 5.75 Å². The standard InChI is InChI=1S/C14H17NO3S/c1-2-3-4-13-15-11-6-5-10(9-12(11)19-13)18-8-7-14(16)17/h5-6,9H,2-4,7-8H2,1H3,(H,16,17). The van der Waals surface area contributed by atoms with Gasteiger partial charge in [0.1, 0.15) is 5.75 Å². The summed E-state index contributed by atoms with van der Waals surface area (Å²) in [7, 11) is 0. The maximum atomic E-state index is 10.4. The van der Waals surface area contributed by atoms with Crippen LogP contribution in [-0.4, -0.2) is 22.7 Å². The van der Waals surface area contributed by atoms with Crippen molar-refractivity contribution in [2.75, 3.05) is 6.61 Å². The van der Waals surface area contributed by atoms with Crippen LogP contribution in [-0.2, 0) is 11.2 Å². The summed E-state index contributed by atoms with van der Waals surface area (Å²) in [5, 5.41) is 9.71. The van der Waals surface area contributed by atoms with Gasteiger partial charge in [-0.25, -0.2) is 4.98 Å². The van der Waals surface area contributed by atoms with E-state index in [4.69, 9.17) is 9.84 Å². The Hall–Kier alpha value is -1.62. The molecule has 0 radical (unpaired) electrons. The molecule has 0 aliphatic carbocycles. The van der Waals surface area contributed by atoms with E-state index in [1.54, 1.807) is 11.3 Å². The molecule has 0 saturated heterocycles. The summed E-state index contributed by atoms with van der Waals surface area (Å²) in [5.41, 5.74) is 0.988. The first-order valence-electron chi connectivity index (χ1n) is 6.43. The van der Waals surface area contributed by atoms with E-state index in [9.17, 15) is 4.79 Å². The zero-order chi connectivity index (χ0) is 13.7. The molecule has 0 atom stereocenters. The first-order valence-corrected chi connectivity index (χ1v) is 7.24. The average molecular weight is 279 g/mol. The molecule has 102 valence electrons. The number of carboxylic acids is 1. The van der Waals surface area contributed by atoms with Crippen LogP contribution in [0, 0.1) is 0 Å².